The van der Waals surface area contributed by atoms with Gasteiger partial charge in [-0.3, -0.25) is 0 Å². The number of aromatic nitrogens is 2. The van der Waals surface area contributed by atoms with Crippen LogP contribution < -0.4 is 5.32 Å². The van der Waals surface area contributed by atoms with Crippen LogP contribution in [-0.4, -0.2) is 16.7 Å². The molecule has 0 radical (unpaired) electrons. The van der Waals surface area contributed by atoms with Crippen LogP contribution in [-0.2, 0) is 0 Å². The lowest BCUT2D eigenvalue weighted by atomic mass is 10.1. The minimum Gasteiger partial charge on any atom is -0.466 e. The Balaban J connectivity index is 2.35. The predicted molar refractivity (Wildman–Crippen MR) is 72.9 cm³/mol. The van der Waals surface area contributed by atoms with Crippen molar-refractivity contribution in [2.24, 2.45) is 0 Å². The Morgan fingerprint density at radius 3 is 2.32 bits per heavy atom. The van der Waals surface area contributed by atoms with Gasteiger partial charge in [0.2, 0.25) is 5.89 Å². The van der Waals surface area contributed by atoms with E-state index in [1.54, 1.807) is 0 Å². The number of rotatable bonds is 5. The molecule has 0 spiro atoms. The molecule has 1 unspecified atom stereocenters. The molecule has 0 saturated heterocycles. The number of aryl methyl sites for hydroxylation is 2. The normalized spacial score (nSPS) is 12.9. The van der Waals surface area contributed by atoms with Crippen molar-refractivity contribution in [2.75, 3.05) is 6.54 Å². The molecule has 0 fully saturated rings. The third-order valence-corrected chi connectivity index (χ3v) is 3.37. The van der Waals surface area contributed by atoms with Crippen LogP contribution >= 0.6 is 0 Å². The van der Waals surface area contributed by atoms with Crippen molar-refractivity contribution in [1.82, 2.24) is 15.5 Å². The lowest BCUT2D eigenvalue weighted by Gasteiger charge is -2.09. The van der Waals surface area contributed by atoms with Crippen molar-refractivity contribution in [1.29, 1.82) is 0 Å². The average Bonchev–Trinajstić information content (AvgIpc) is 2.93. The van der Waals surface area contributed by atoms with Crippen LogP contribution in [0.5, 0.6) is 0 Å². The summed E-state index contributed by atoms with van der Waals surface area (Å²) in [7, 11) is 0. The lowest BCUT2D eigenvalue weighted by Crippen LogP contribution is -2.20. The van der Waals surface area contributed by atoms with Gasteiger partial charge in [-0.1, -0.05) is 13.8 Å². The van der Waals surface area contributed by atoms with Gasteiger partial charge < -0.3 is 14.2 Å². The fraction of sp³-hybridized carbons (Fsp3) is 0.571. The van der Waals surface area contributed by atoms with E-state index < -0.39 is 0 Å². The summed E-state index contributed by atoms with van der Waals surface area (Å²) in [5.74, 6) is 2.89. The van der Waals surface area contributed by atoms with Gasteiger partial charge in [-0.15, -0.1) is 10.2 Å². The van der Waals surface area contributed by atoms with Crippen LogP contribution in [0.4, 0.5) is 0 Å². The Bertz CT molecular complexity index is 557. The van der Waals surface area contributed by atoms with Gasteiger partial charge in [-0.2, -0.15) is 0 Å². The molecule has 104 valence electrons. The SMILES string of the molecule is CCNC(CC)c1nnc(-c2c(C)oc(C)c2C)o1. The highest BCUT2D eigenvalue weighted by molar-refractivity contribution is 5.61. The molecule has 2 heterocycles. The zero-order valence-corrected chi connectivity index (χ0v) is 12.2. The summed E-state index contributed by atoms with van der Waals surface area (Å²) in [6.07, 6.45) is 0.915. The molecule has 0 aliphatic carbocycles. The van der Waals surface area contributed by atoms with Crippen molar-refractivity contribution in [2.45, 2.75) is 47.1 Å². The summed E-state index contributed by atoms with van der Waals surface area (Å²) in [6.45, 7) is 10.9. The van der Waals surface area contributed by atoms with Gasteiger partial charge in [0.1, 0.15) is 11.5 Å². The lowest BCUT2D eigenvalue weighted by molar-refractivity contribution is 0.401. The molecule has 0 bridgehead atoms. The van der Waals surface area contributed by atoms with E-state index in [-0.39, 0.29) is 6.04 Å². The molecule has 1 atom stereocenters. The molecule has 5 heteroatoms. The summed E-state index contributed by atoms with van der Waals surface area (Å²) >= 11 is 0. The van der Waals surface area contributed by atoms with Gasteiger partial charge in [0.25, 0.3) is 5.89 Å². The van der Waals surface area contributed by atoms with Crippen LogP contribution in [0, 0.1) is 20.8 Å². The maximum atomic E-state index is 5.81. The number of hydrogen-bond acceptors (Lipinski definition) is 5. The van der Waals surface area contributed by atoms with E-state index in [1.165, 1.54) is 0 Å². The Morgan fingerprint density at radius 1 is 1.05 bits per heavy atom. The molecule has 2 rings (SSSR count). The molecule has 5 nitrogen and oxygen atoms in total. The molecule has 1 N–H and O–H groups in total. The van der Waals surface area contributed by atoms with E-state index >= 15 is 0 Å². The van der Waals surface area contributed by atoms with Crippen molar-refractivity contribution < 1.29 is 8.83 Å². The average molecular weight is 263 g/mol. The maximum Gasteiger partial charge on any atom is 0.251 e. The number of furan rings is 1. The highest BCUT2D eigenvalue weighted by Crippen LogP contribution is 2.31. The third kappa shape index (κ3) is 2.56. The fourth-order valence-corrected chi connectivity index (χ4v) is 2.24. The Morgan fingerprint density at radius 2 is 1.79 bits per heavy atom. The van der Waals surface area contributed by atoms with Crippen LogP contribution in [0.3, 0.4) is 0 Å². The van der Waals surface area contributed by atoms with E-state index in [4.69, 9.17) is 8.83 Å². The van der Waals surface area contributed by atoms with Gasteiger partial charge in [0, 0.05) is 5.56 Å². The number of hydrogen-bond donors (Lipinski definition) is 1. The molecule has 19 heavy (non-hydrogen) atoms. The number of nitrogens with one attached hydrogen (secondary N) is 1. The summed E-state index contributed by atoms with van der Waals surface area (Å²) in [4.78, 5) is 0. The second kappa shape index (κ2) is 5.57. The van der Waals surface area contributed by atoms with Crippen molar-refractivity contribution in [3.8, 4) is 11.5 Å². The second-order valence-electron chi connectivity index (χ2n) is 4.68. The summed E-state index contributed by atoms with van der Waals surface area (Å²) in [5.41, 5.74) is 1.98. The molecular weight excluding hydrogens is 242 g/mol. The molecule has 0 aromatic carbocycles. The first-order chi connectivity index (χ1) is 9.08. The minimum atomic E-state index is 0.111. The first kappa shape index (κ1) is 13.8. The van der Waals surface area contributed by atoms with Gasteiger partial charge in [0.05, 0.1) is 11.6 Å². The molecule has 2 aromatic heterocycles. The molecule has 0 aliphatic rings. The van der Waals surface area contributed by atoms with Crippen LogP contribution in [0.2, 0.25) is 0 Å². The third-order valence-electron chi connectivity index (χ3n) is 3.37. The van der Waals surface area contributed by atoms with E-state index in [9.17, 15) is 0 Å². The van der Waals surface area contributed by atoms with Crippen molar-refractivity contribution in [3.05, 3.63) is 23.0 Å². The molecule has 2 aromatic rings. The van der Waals surface area contributed by atoms with Crippen molar-refractivity contribution >= 4 is 0 Å². The number of nitrogens with zero attached hydrogens (tertiary/aromatic N) is 2. The zero-order valence-electron chi connectivity index (χ0n) is 12.2. The van der Waals surface area contributed by atoms with Gasteiger partial charge in [-0.25, -0.2) is 0 Å². The van der Waals surface area contributed by atoms with Gasteiger partial charge >= 0.3 is 0 Å². The summed E-state index contributed by atoms with van der Waals surface area (Å²) in [5, 5.41) is 11.6. The molecule has 0 amide bonds. The molecule has 0 saturated carbocycles. The zero-order chi connectivity index (χ0) is 14.0. The Labute approximate surface area is 113 Å². The predicted octanol–water partition coefficient (Wildman–Crippen LogP) is 3.32. The minimum absolute atomic E-state index is 0.111. The topological polar surface area (TPSA) is 64.1 Å². The Kier molecular flexibility index (Phi) is 4.04. The first-order valence-electron chi connectivity index (χ1n) is 6.72. The highest BCUT2D eigenvalue weighted by Gasteiger charge is 2.21. The van der Waals surface area contributed by atoms with E-state index in [2.05, 4.69) is 29.4 Å². The highest BCUT2D eigenvalue weighted by atomic mass is 16.4. The monoisotopic (exact) mass is 263 g/mol. The van der Waals surface area contributed by atoms with E-state index in [0.29, 0.717) is 11.8 Å². The Hall–Kier alpha value is -1.62. The maximum absolute atomic E-state index is 5.81. The first-order valence-corrected chi connectivity index (χ1v) is 6.72. The standard InChI is InChI=1S/C14H21N3O2/c1-6-11(15-7-2)13-16-17-14(19-13)12-8(3)9(4)18-10(12)5/h11,15H,6-7H2,1-5H3. The quantitative estimate of drug-likeness (QED) is 0.896. The van der Waals surface area contributed by atoms with Crippen LogP contribution in [0.1, 0.15) is 49.3 Å². The van der Waals surface area contributed by atoms with Crippen LogP contribution in [0.15, 0.2) is 8.83 Å². The smallest absolute Gasteiger partial charge is 0.251 e. The summed E-state index contributed by atoms with van der Waals surface area (Å²) in [6, 6.07) is 0.111. The molecule has 0 aliphatic heterocycles. The second-order valence-corrected chi connectivity index (χ2v) is 4.68. The van der Waals surface area contributed by atoms with Crippen LogP contribution in [0.25, 0.3) is 11.5 Å². The molecular formula is C14H21N3O2. The summed E-state index contributed by atoms with van der Waals surface area (Å²) < 4.78 is 11.4. The van der Waals surface area contributed by atoms with E-state index in [1.807, 2.05) is 20.8 Å². The fourth-order valence-electron chi connectivity index (χ4n) is 2.24. The van der Waals surface area contributed by atoms with E-state index in [0.717, 1.165) is 35.6 Å². The van der Waals surface area contributed by atoms with Crippen molar-refractivity contribution in [3.63, 3.8) is 0 Å². The van der Waals surface area contributed by atoms with Gasteiger partial charge in [-0.05, 0) is 33.7 Å². The largest absolute Gasteiger partial charge is 0.466 e. The van der Waals surface area contributed by atoms with Gasteiger partial charge in [0.15, 0.2) is 0 Å².